The molecule has 1 aromatic heterocycles. The minimum Gasteiger partial charge on any atom is -0.296 e. The first-order chi connectivity index (χ1) is 11.3. The second-order valence-corrected chi connectivity index (χ2v) is 8.25. The molecule has 24 heavy (non-hydrogen) atoms. The zero-order valence-corrected chi connectivity index (χ0v) is 15.6. The molecule has 0 aliphatic carbocycles. The summed E-state index contributed by atoms with van der Waals surface area (Å²) in [7, 11) is -2.30. The number of anilines is 1. The molecule has 2 rings (SSSR count). The van der Waals surface area contributed by atoms with Crippen molar-refractivity contribution < 1.29 is 13.2 Å². The number of nitrogens with one attached hydrogen (secondary N) is 2. The largest absolute Gasteiger partial charge is 0.296 e. The van der Waals surface area contributed by atoms with Crippen LogP contribution in [0.3, 0.4) is 0 Å². The van der Waals surface area contributed by atoms with Gasteiger partial charge in [0.1, 0.15) is 5.01 Å². The van der Waals surface area contributed by atoms with Crippen LogP contribution in [0.4, 0.5) is 5.13 Å². The van der Waals surface area contributed by atoms with Crippen LogP contribution in [0, 0.1) is 13.8 Å². The summed E-state index contributed by atoms with van der Waals surface area (Å²) in [6.07, 6.45) is 1.76. The number of hydrogen-bond acceptors (Lipinski definition) is 6. The molecule has 0 spiro atoms. The van der Waals surface area contributed by atoms with Crippen LogP contribution in [0.1, 0.15) is 39.8 Å². The van der Waals surface area contributed by atoms with E-state index in [0.717, 1.165) is 23.4 Å². The fraction of sp³-hybridized carbons (Fsp3) is 0.400. The third kappa shape index (κ3) is 3.97. The van der Waals surface area contributed by atoms with E-state index in [1.54, 1.807) is 19.9 Å². The second kappa shape index (κ2) is 7.37. The fourth-order valence-electron chi connectivity index (χ4n) is 2.14. The van der Waals surface area contributed by atoms with Crippen LogP contribution in [-0.2, 0) is 16.4 Å². The number of aryl methyl sites for hydroxylation is 2. The van der Waals surface area contributed by atoms with Crippen LogP contribution in [0.2, 0.25) is 0 Å². The molecule has 0 radical (unpaired) electrons. The van der Waals surface area contributed by atoms with E-state index in [4.69, 9.17) is 0 Å². The van der Waals surface area contributed by atoms with Crippen LogP contribution in [0.5, 0.6) is 0 Å². The molecule has 2 aromatic rings. The van der Waals surface area contributed by atoms with E-state index in [2.05, 4.69) is 20.2 Å². The molecular formula is C15H20N4O3S2. The number of aromatic nitrogens is 2. The van der Waals surface area contributed by atoms with Crippen LogP contribution >= 0.6 is 11.3 Å². The topological polar surface area (TPSA) is 101 Å². The number of rotatable bonds is 6. The summed E-state index contributed by atoms with van der Waals surface area (Å²) in [6.45, 7) is 5.52. The third-order valence-electron chi connectivity index (χ3n) is 3.59. The second-order valence-electron chi connectivity index (χ2n) is 5.33. The Morgan fingerprint density at radius 1 is 1.25 bits per heavy atom. The van der Waals surface area contributed by atoms with Gasteiger partial charge in [-0.2, -0.15) is 0 Å². The van der Waals surface area contributed by atoms with Gasteiger partial charge in [0.15, 0.2) is 0 Å². The highest BCUT2D eigenvalue weighted by Crippen LogP contribution is 2.23. The highest BCUT2D eigenvalue weighted by atomic mass is 32.2. The summed E-state index contributed by atoms with van der Waals surface area (Å²) in [6, 6.07) is 3.03. The lowest BCUT2D eigenvalue weighted by Crippen LogP contribution is -2.21. The average Bonchev–Trinajstić information content (AvgIpc) is 2.97. The first-order valence-electron chi connectivity index (χ1n) is 7.47. The van der Waals surface area contributed by atoms with Crippen molar-refractivity contribution in [2.24, 2.45) is 0 Å². The molecule has 130 valence electrons. The smallest absolute Gasteiger partial charge is 0.257 e. The molecule has 0 atom stereocenters. The van der Waals surface area contributed by atoms with Gasteiger partial charge in [-0.1, -0.05) is 18.3 Å². The van der Waals surface area contributed by atoms with E-state index < -0.39 is 15.9 Å². The SMILES string of the molecule is CCCc1nnc(NC(=O)c2cc(C)c(C)c(S(=O)(=O)NC)c2)s1. The van der Waals surface area contributed by atoms with Gasteiger partial charge in [-0.3, -0.25) is 10.1 Å². The molecule has 7 nitrogen and oxygen atoms in total. The van der Waals surface area contributed by atoms with Gasteiger partial charge in [-0.25, -0.2) is 13.1 Å². The normalized spacial score (nSPS) is 11.5. The van der Waals surface area contributed by atoms with Crippen LogP contribution in [0.15, 0.2) is 17.0 Å². The molecule has 0 aliphatic heterocycles. The molecule has 1 amide bonds. The average molecular weight is 368 g/mol. The lowest BCUT2D eigenvalue weighted by atomic mass is 10.1. The van der Waals surface area contributed by atoms with E-state index >= 15 is 0 Å². The van der Waals surface area contributed by atoms with Gasteiger partial charge in [0.2, 0.25) is 15.2 Å². The molecular weight excluding hydrogens is 348 g/mol. The molecule has 1 aromatic carbocycles. The molecule has 2 N–H and O–H groups in total. The van der Waals surface area contributed by atoms with Gasteiger partial charge in [-0.05, 0) is 50.6 Å². The fourth-order valence-corrected chi connectivity index (χ4v) is 4.04. The lowest BCUT2D eigenvalue weighted by Gasteiger charge is -2.11. The summed E-state index contributed by atoms with van der Waals surface area (Å²) in [4.78, 5) is 12.5. The zero-order valence-electron chi connectivity index (χ0n) is 14.0. The maximum Gasteiger partial charge on any atom is 0.257 e. The minimum absolute atomic E-state index is 0.0964. The summed E-state index contributed by atoms with van der Waals surface area (Å²) in [5, 5.41) is 11.9. The van der Waals surface area contributed by atoms with Crippen molar-refractivity contribution in [3.63, 3.8) is 0 Å². The van der Waals surface area contributed by atoms with Crippen molar-refractivity contribution in [3.8, 4) is 0 Å². The third-order valence-corrected chi connectivity index (χ3v) is 6.03. The molecule has 0 fully saturated rings. The quantitative estimate of drug-likeness (QED) is 0.814. The molecule has 1 heterocycles. The standard InChI is InChI=1S/C15H20N4O3S2/c1-5-6-13-18-19-15(23-13)17-14(20)11-7-9(2)10(3)12(8-11)24(21,22)16-4/h7-8,16H,5-6H2,1-4H3,(H,17,19,20). The van der Waals surface area contributed by atoms with E-state index in [1.165, 1.54) is 24.5 Å². The van der Waals surface area contributed by atoms with Crippen molar-refractivity contribution in [3.05, 3.63) is 33.8 Å². The Balaban J connectivity index is 2.32. The van der Waals surface area contributed by atoms with E-state index in [9.17, 15) is 13.2 Å². The van der Waals surface area contributed by atoms with Gasteiger partial charge < -0.3 is 0 Å². The van der Waals surface area contributed by atoms with Crippen LogP contribution in [-0.4, -0.2) is 31.6 Å². The molecule has 0 saturated carbocycles. The number of sulfonamides is 1. The Kier molecular flexibility index (Phi) is 5.68. The first-order valence-corrected chi connectivity index (χ1v) is 9.77. The number of hydrogen-bond donors (Lipinski definition) is 2. The Morgan fingerprint density at radius 3 is 2.58 bits per heavy atom. The zero-order chi connectivity index (χ0) is 17.9. The summed E-state index contributed by atoms with van der Waals surface area (Å²) in [5.74, 6) is -0.412. The summed E-state index contributed by atoms with van der Waals surface area (Å²) in [5.41, 5.74) is 1.60. The van der Waals surface area contributed by atoms with Crippen LogP contribution < -0.4 is 10.0 Å². The van der Waals surface area contributed by atoms with Crippen molar-refractivity contribution in [2.45, 2.75) is 38.5 Å². The molecule has 0 bridgehead atoms. The monoisotopic (exact) mass is 368 g/mol. The lowest BCUT2D eigenvalue weighted by molar-refractivity contribution is 0.102. The number of benzene rings is 1. The van der Waals surface area contributed by atoms with Gasteiger partial charge in [0, 0.05) is 12.0 Å². The summed E-state index contributed by atoms with van der Waals surface area (Å²) < 4.78 is 26.5. The predicted octanol–water partition coefficient (Wildman–Crippen LogP) is 2.27. The highest BCUT2D eigenvalue weighted by molar-refractivity contribution is 7.89. The summed E-state index contributed by atoms with van der Waals surface area (Å²) >= 11 is 1.32. The van der Waals surface area contributed by atoms with Crippen molar-refractivity contribution in [1.29, 1.82) is 0 Å². The van der Waals surface area contributed by atoms with E-state index in [-0.39, 0.29) is 10.5 Å². The van der Waals surface area contributed by atoms with Gasteiger partial charge >= 0.3 is 0 Å². The predicted molar refractivity (Wildman–Crippen MR) is 94.0 cm³/mol. The first kappa shape index (κ1) is 18.5. The number of amides is 1. The van der Waals surface area contributed by atoms with Crippen molar-refractivity contribution in [2.75, 3.05) is 12.4 Å². The molecule has 0 saturated heterocycles. The maximum atomic E-state index is 12.4. The molecule has 0 aliphatic rings. The Labute approximate surface area is 145 Å². The Bertz CT molecular complexity index is 860. The van der Waals surface area contributed by atoms with Crippen molar-refractivity contribution >= 4 is 32.4 Å². The maximum absolute atomic E-state index is 12.4. The van der Waals surface area contributed by atoms with Gasteiger partial charge in [0.25, 0.3) is 5.91 Å². The number of carbonyl (C=O) groups excluding carboxylic acids is 1. The number of carbonyl (C=O) groups is 1. The van der Waals surface area contributed by atoms with Crippen LogP contribution in [0.25, 0.3) is 0 Å². The molecule has 9 heteroatoms. The Morgan fingerprint density at radius 2 is 1.96 bits per heavy atom. The Hall–Kier alpha value is -1.84. The minimum atomic E-state index is -3.64. The van der Waals surface area contributed by atoms with E-state index in [1.807, 2.05) is 6.92 Å². The molecule has 0 unspecified atom stereocenters. The number of nitrogens with zero attached hydrogens (tertiary/aromatic N) is 2. The van der Waals surface area contributed by atoms with Gasteiger partial charge in [0.05, 0.1) is 4.90 Å². The van der Waals surface area contributed by atoms with Gasteiger partial charge in [-0.15, -0.1) is 10.2 Å². The van der Waals surface area contributed by atoms with E-state index in [0.29, 0.717) is 10.7 Å². The highest BCUT2D eigenvalue weighted by Gasteiger charge is 2.20. The van der Waals surface area contributed by atoms with Crippen molar-refractivity contribution in [1.82, 2.24) is 14.9 Å².